The van der Waals surface area contributed by atoms with Gasteiger partial charge in [0.2, 0.25) is 0 Å². The number of fused-ring (bicyclic) bond motifs is 1. The number of hydrogen-bond donors (Lipinski definition) is 3. The third kappa shape index (κ3) is 3.06. The molecule has 4 aliphatic rings. The van der Waals surface area contributed by atoms with Crippen LogP contribution in [0.2, 0.25) is 0 Å². The Morgan fingerprint density at radius 1 is 1.04 bits per heavy atom. The number of nitrogens with zero attached hydrogens (tertiary/aromatic N) is 2. The summed E-state index contributed by atoms with van der Waals surface area (Å²) in [4.78, 5) is 22.6. The van der Waals surface area contributed by atoms with Gasteiger partial charge in [-0.2, -0.15) is 0 Å². The van der Waals surface area contributed by atoms with Gasteiger partial charge in [0.15, 0.2) is 11.5 Å². The number of hydrogen-bond acceptors (Lipinski definition) is 5. The first-order valence-corrected chi connectivity index (χ1v) is 10.2. The average molecular weight is 365 g/mol. The Hall–Kier alpha value is -2.21. The Labute approximate surface area is 159 Å². The van der Waals surface area contributed by atoms with Crippen molar-refractivity contribution in [1.82, 2.24) is 15.3 Å². The fraction of sp³-hybridized carbons (Fsp3) is 0.571. The van der Waals surface area contributed by atoms with Crippen molar-refractivity contribution >= 4 is 22.8 Å². The van der Waals surface area contributed by atoms with Crippen molar-refractivity contribution in [2.75, 3.05) is 18.4 Å². The number of rotatable bonds is 5. The molecule has 1 heterocycles. The van der Waals surface area contributed by atoms with Crippen LogP contribution in [0.15, 0.2) is 24.3 Å². The van der Waals surface area contributed by atoms with E-state index in [1.54, 1.807) is 0 Å². The van der Waals surface area contributed by atoms with Gasteiger partial charge in [-0.05, 0) is 68.4 Å². The molecular weight excluding hydrogens is 338 g/mol. The second kappa shape index (κ2) is 6.44. The number of aromatic nitrogens is 2. The molecule has 142 valence electrons. The largest absolute Gasteiger partial charge is 0.367 e. The van der Waals surface area contributed by atoms with E-state index in [0.29, 0.717) is 24.6 Å². The Balaban J connectivity index is 1.46. The van der Waals surface area contributed by atoms with E-state index in [2.05, 4.69) is 20.6 Å². The molecule has 0 unspecified atom stereocenters. The van der Waals surface area contributed by atoms with Crippen molar-refractivity contribution < 1.29 is 4.79 Å². The van der Waals surface area contributed by atoms with Crippen LogP contribution >= 0.6 is 0 Å². The molecule has 1 aromatic carbocycles. The van der Waals surface area contributed by atoms with Crippen molar-refractivity contribution in [2.24, 2.45) is 23.5 Å². The minimum atomic E-state index is -0.102. The summed E-state index contributed by atoms with van der Waals surface area (Å²) in [7, 11) is 0. The monoisotopic (exact) mass is 365 g/mol. The van der Waals surface area contributed by atoms with Crippen LogP contribution in [0.25, 0.3) is 11.0 Å². The maximum absolute atomic E-state index is 13.3. The van der Waals surface area contributed by atoms with Gasteiger partial charge in [-0.1, -0.05) is 12.1 Å². The third-order valence-electron chi connectivity index (χ3n) is 6.64. The molecule has 4 N–H and O–H groups in total. The Morgan fingerprint density at radius 3 is 2.22 bits per heavy atom. The van der Waals surface area contributed by atoms with E-state index in [1.807, 2.05) is 24.3 Å². The fourth-order valence-corrected chi connectivity index (χ4v) is 6.04. The molecule has 0 saturated heterocycles. The summed E-state index contributed by atoms with van der Waals surface area (Å²) in [5.41, 5.74) is 7.51. The van der Waals surface area contributed by atoms with Crippen LogP contribution in [-0.2, 0) is 0 Å². The van der Waals surface area contributed by atoms with E-state index in [1.165, 1.54) is 19.3 Å². The lowest BCUT2D eigenvalue weighted by Crippen LogP contribution is -2.60. The van der Waals surface area contributed by atoms with Crippen LogP contribution in [0.3, 0.4) is 0 Å². The maximum atomic E-state index is 13.3. The second-order valence-corrected chi connectivity index (χ2v) is 8.78. The number of nitrogens with one attached hydrogen (secondary N) is 2. The molecule has 27 heavy (non-hydrogen) atoms. The number of carbonyl (C=O) groups excluding carboxylic acids is 1. The number of nitrogens with two attached hydrogens (primary N) is 1. The first kappa shape index (κ1) is 16.9. The van der Waals surface area contributed by atoms with Gasteiger partial charge in [0.25, 0.3) is 5.91 Å². The highest BCUT2D eigenvalue weighted by atomic mass is 16.2. The molecule has 4 saturated carbocycles. The predicted molar refractivity (Wildman–Crippen MR) is 105 cm³/mol. The van der Waals surface area contributed by atoms with Crippen molar-refractivity contribution in [3.63, 3.8) is 0 Å². The van der Waals surface area contributed by atoms with Crippen molar-refractivity contribution in [1.29, 1.82) is 0 Å². The number of carbonyl (C=O) groups is 1. The molecule has 1 amide bonds. The molecule has 6 heteroatoms. The zero-order chi connectivity index (χ0) is 18.4. The van der Waals surface area contributed by atoms with Gasteiger partial charge < -0.3 is 16.4 Å². The van der Waals surface area contributed by atoms with Crippen LogP contribution in [-0.4, -0.2) is 34.5 Å². The van der Waals surface area contributed by atoms with Crippen molar-refractivity contribution in [2.45, 2.75) is 44.1 Å². The van der Waals surface area contributed by atoms with Crippen molar-refractivity contribution in [3.05, 3.63) is 30.0 Å². The maximum Gasteiger partial charge on any atom is 0.274 e. The van der Waals surface area contributed by atoms with Gasteiger partial charge in [0.05, 0.1) is 11.0 Å². The number of benzene rings is 1. The first-order valence-electron chi connectivity index (χ1n) is 10.2. The standard InChI is InChI=1S/C21H27N5O/c22-5-6-23-19-18(24-16-3-1-2-4-17(16)25-19)20(27)26-21-10-13-7-14(11-21)9-15(8-13)12-21/h1-4,13-15H,5-12,22H2,(H,23,25)(H,26,27). The molecule has 1 aromatic heterocycles. The summed E-state index contributed by atoms with van der Waals surface area (Å²) in [5, 5.41) is 6.59. The van der Waals surface area contributed by atoms with Crippen molar-refractivity contribution in [3.8, 4) is 0 Å². The van der Waals surface area contributed by atoms with E-state index >= 15 is 0 Å². The zero-order valence-electron chi connectivity index (χ0n) is 15.6. The molecule has 4 bridgehead atoms. The molecule has 2 aromatic rings. The third-order valence-corrected chi connectivity index (χ3v) is 6.64. The van der Waals surface area contributed by atoms with Crippen LogP contribution in [0.1, 0.15) is 49.0 Å². The predicted octanol–water partition coefficient (Wildman–Crippen LogP) is 2.70. The molecular formula is C21H27N5O. The van der Waals surface area contributed by atoms with Gasteiger partial charge in [-0.3, -0.25) is 4.79 Å². The Bertz CT molecular complexity index is 845. The molecule has 4 aliphatic carbocycles. The molecule has 0 spiro atoms. The lowest BCUT2D eigenvalue weighted by molar-refractivity contribution is -0.0167. The first-order chi connectivity index (χ1) is 13.1. The second-order valence-electron chi connectivity index (χ2n) is 8.78. The van der Waals surface area contributed by atoms with Gasteiger partial charge in [0, 0.05) is 18.6 Å². The van der Waals surface area contributed by atoms with Crippen LogP contribution in [0.5, 0.6) is 0 Å². The molecule has 6 nitrogen and oxygen atoms in total. The Morgan fingerprint density at radius 2 is 1.63 bits per heavy atom. The summed E-state index contributed by atoms with van der Waals surface area (Å²) in [6, 6.07) is 7.66. The number of para-hydroxylation sites is 2. The molecule has 6 rings (SSSR count). The average Bonchev–Trinajstić information content (AvgIpc) is 2.64. The lowest BCUT2D eigenvalue weighted by atomic mass is 9.53. The number of anilines is 1. The summed E-state index contributed by atoms with van der Waals surface area (Å²) in [6.07, 6.45) is 7.43. The molecule has 0 atom stereocenters. The van der Waals surface area contributed by atoms with E-state index in [4.69, 9.17) is 5.73 Å². The Kier molecular flexibility index (Phi) is 4.04. The molecule has 0 aliphatic heterocycles. The van der Waals surface area contributed by atoms with E-state index in [0.717, 1.165) is 48.0 Å². The van der Waals surface area contributed by atoms with Crippen LogP contribution < -0.4 is 16.4 Å². The van der Waals surface area contributed by atoms with Crippen LogP contribution in [0.4, 0.5) is 5.82 Å². The van der Waals surface area contributed by atoms with Gasteiger partial charge in [-0.25, -0.2) is 9.97 Å². The van der Waals surface area contributed by atoms with Gasteiger partial charge in [0.1, 0.15) is 0 Å². The highest BCUT2D eigenvalue weighted by molar-refractivity contribution is 5.99. The summed E-state index contributed by atoms with van der Waals surface area (Å²) < 4.78 is 0. The molecule has 4 fully saturated rings. The summed E-state index contributed by atoms with van der Waals surface area (Å²) >= 11 is 0. The number of amides is 1. The zero-order valence-corrected chi connectivity index (χ0v) is 15.6. The lowest BCUT2D eigenvalue weighted by Gasteiger charge is -2.56. The van der Waals surface area contributed by atoms with E-state index < -0.39 is 0 Å². The van der Waals surface area contributed by atoms with E-state index in [-0.39, 0.29) is 11.4 Å². The smallest absolute Gasteiger partial charge is 0.274 e. The van der Waals surface area contributed by atoms with E-state index in [9.17, 15) is 4.79 Å². The summed E-state index contributed by atoms with van der Waals surface area (Å²) in [6.45, 7) is 1.04. The highest BCUT2D eigenvalue weighted by Crippen LogP contribution is 2.55. The normalized spacial score (nSPS) is 31.2. The minimum Gasteiger partial charge on any atom is -0.367 e. The quantitative estimate of drug-likeness (QED) is 0.757. The highest BCUT2D eigenvalue weighted by Gasteiger charge is 2.51. The fourth-order valence-electron chi connectivity index (χ4n) is 6.04. The topological polar surface area (TPSA) is 92.9 Å². The van der Waals surface area contributed by atoms with Gasteiger partial charge in [-0.15, -0.1) is 0 Å². The molecule has 0 radical (unpaired) electrons. The summed E-state index contributed by atoms with van der Waals surface area (Å²) in [5.74, 6) is 2.79. The minimum absolute atomic E-state index is 0.0374. The van der Waals surface area contributed by atoms with Gasteiger partial charge >= 0.3 is 0 Å². The van der Waals surface area contributed by atoms with Crippen LogP contribution in [0, 0.1) is 17.8 Å². The SMILES string of the molecule is NCCNc1nc2ccccc2nc1C(=O)NC12CC3CC(CC(C3)C1)C2.